The number of imidazole rings is 1. The maximum atomic E-state index is 12.8. The molecule has 16 heavy (non-hydrogen) atoms. The predicted molar refractivity (Wildman–Crippen MR) is 57.2 cm³/mol. The van der Waals surface area contributed by atoms with E-state index in [9.17, 15) is 4.39 Å². The van der Waals surface area contributed by atoms with Crippen molar-refractivity contribution in [3.05, 3.63) is 54.9 Å². The largest absolute Gasteiger partial charge is 0.295 e. The van der Waals surface area contributed by atoms with Gasteiger partial charge in [-0.1, -0.05) is 0 Å². The molecule has 1 radical (unpaired) electrons. The first-order valence-corrected chi connectivity index (χ1v) is 4.80. The summed E-state index contributed by atoms with van der Waals surface area (Å²) in [6.45, 7) is 0. The second-order valence-electron chi connectivity index (χ2n) is 3.38. The van der Waals surface area contributed by atoms with Gasteiger partial charge in [0.1, 0.15) is 12.0 Å². The summed E-state index contributed by atoms with van der Waals surface area (Å²) in [6.07, 6.45) is 8.17. The molecule has 3 aromatic rings. The van der Waals surface area contributed by atoms with Crippen molar-refractivity contribution in [1.82, 2.24) is 14.4 Å². The van der Waals surface area contributed by atoms with Crippen LogP contribution in [0.5, 0.6) is 0 Å². The molecule has 2 heterocycles. The van der Waals surface area contributed by atoms with Gasteiger partial charge in [0.25, 0.3) is 0 Å². The smallest absolute Gasteiger partial charge is 0.156 e. The average molecular weight is 212 g/mol. The monoisotopic (exact) mass is 212 g/mol. The van der Waals surface area contributed by atoms with Gasteiger partial charge in [0.15, 0.2) is 5.65 Å². The highest BCUT2D eigenvalue weighted by Crippen LogP contribution is 2.18. The highest BCUT2D eigenvalue weighted by atomic mass is 19.1. The van der Waals surface area contributed by atoms with E-state index in [2.05, 4.69) is 16.2 Å². The third kappa shape index (κ3) is 1.44. The molecular weight excluding hydrogens is 205 g/mol. The van der Waals surface area contributed by atoms with Crippen LogP contribution in [-0.2, 0) is 0 Å². The summed E-state index contributed by atoms with van der Waals surface area (Å²) in [5.74, 6) is -0.255. The second kappa shape index (κ2) is 3.41. The first-order valence-electron chi connectivity index (χ1n) is 4.80. The molecule has 0 saturated heterocycles. The Bertz CT molecular complexity index is 595. The third-order valence-electron chi connectivity index (χ3n) is 2.31. The number of nitrogens with zero attached hydrogens (tertiary/aromatic N) is 3. The highest BCUT2D eigenvalue weighted by molar-refractivity contribution is 5.61. The lowest BCUT2D eigenvalue weighted by Gasteiger charge is -1.93. The van der Waals surface area contributed by atoms with Crippen LogP contribution in [0, 0.1) is 12.0 Å². The van der Waals surface area contributed by atoms with Gasteiger partial charge in [0.2, 0.25) is 0 Å². The number of halogens is 1. The van der Waals surface area contributed by atoms with Crippen molar-refractivity contribution < 1.29 is 4.39 Å². The zero-order chi connectivity index (χ0) is 11.0. The zero-order valence-electron chi connectivity index (χ0n) is 8.26. The Labute approximate surface area is 91.2 Å². The van der Waals surface area contributed by atoms with E-state index in [-0.39, 0.29) is 5.82 Å². The van der Waals surface area contributed by atoms with Crippen LogP contribution in [-0.4, -0.2) is 14.4 Å². The molecule has 4 heteroatoms. The van der Waals surface area contributed by atoms with E-state index in [0.717, 1.165) is 11.2 Å². The Kier molecular flexibility index (Phi) is 1.93. The molecule has 0 bridgehead atoms. The third-order valence-corrected chi connectivity index (χ3v) is 2.31. The highest BCUT2D eigenvalue weighted by Gasteiger charge is 2.04. The van der Waals surface area contributed by atoms with Gasteiger partial charge in [-0.3, -0.25) is 9.38 Å². The Morgan fingerprint density at radius 3 is 2.75 bits per heavy atom. The molecule has 0 spiro atoms. The predicted octanol–water partition coefficient (Wildman–Crippen LogP) is 2.34. The molecule has 0 aliphatic heterocycles. The van der Waals surface area contributed by atoms with Crippen molar-refractivity contribution in [2.45, 2.75) is 0 Å². The topological polar surface area (TPSA) is 30.2 Å². The van der Waals surface area contributed by atoms with Crippen LogP contribution in [0.1, 0.15) is 0 Å². The van der Waals surface area contributed by atoms with Crippen LogP contribution in [0.2, 0.25) is 0 Å². The number of hydrogen-bond acceptors (Lipinski definition) is 2. The average Bonchev–Trinajstić information content (AvgIpc) is 2.73. The Hall–Kier alpha value is -2.23. The van der Waals surface area contributed by atoms with Gasteiger partial charge in [0, 0.05) is 18.0 Å². The van der Waals surface area contributed by atoms with Crippen molar-refractivity contribution in [2.24, 2.45) is 0 Å². The SMILES string of the molecule is Fc1ccc(-c2[c]n3ccncc3n2)cc1. The number of fused-ring (bicyclic) bond motifs is 1. The Balaban J connectivity index is 2.15. The number of rotatable bonds is 1. The van der Waals surface area contributed by atoms with E-state index in [1.54, 1.807) is 35.1 Å². The minimum absolute atomic E-state index is 0.255. The summed E-state index contributed by atoms with van der Waals surface area (Å²) in [5.41, 5.74) is 2.25. The van der Waals surface area contributed by atoms with Gasteiger partial charge in [-0.25, -0.2) is 9.37 Å². The van der Waals surface area contributed by atoms with Crippen molar-refractivity contribution >= 4 is 5.65 Å². The van der Waals surface area contributed by atoms with Crippen LogP contribution in [0.15, 0.2) is 42.9 Å². The normalized spacial score (nSPS) is 10.8. The Morgan fingerprint density at radius 2 is 2.00 bits per heavy atom. The molecule has 1 aromatic carbocycles. The lowest BCUT2D eigenvalue weighted by Crippen LogP contribution is -1.81. The van der Waals surface area contributed by atoms with Crippen molar-refractivity contribution in [2.75, 3.05) is 0 Å². The molecule has 2 aromatic heterocycles. The quantitative estimate of drug-likeness (QED) is 0.619. The summed E-state index contributed by atoms with van der Waals surface area (Å²) in [6, 6.07) is 6.18. The fraction of sp³-hybridized carbons (Fsp3) is 0. The maximum absolute atomic E-state index is 12.8. The molecule has 0 aliphatic rings. The fourth-order valence-electron chi connectivity index (χ4n) is 1.52. The van der Waals surface area contributed by atoms with Crippen LogP contribution >= 0.6 is 0 Å². The van der Waals surface area contributed by atoms with Gasteiger partial charge < -0.3 is 0 Å². The van der Waals surface area contributed by atoms with Crippen molar-refractivity contribution in [1.29, 1.82) is 0 Å². The summed E-state index contributed by atoms with van der Waals surface area (Å²) < 4.78 is 14.5. The molecule has 3 nitrogen and oxygen atoms in total. The summed E-state index contributed by atoms with van der Waals surface area (Å²) in [4.78, 5) is 8.31. The standard InChI is InChI=1S/C12H7FN3/c13-10-3-1-9(2-4-10)11-8-16-6-5-14-7-12(16)15-11/h1-7H. The van der Waals surface area contributed by atoms with Gasteiger partial charge in [-0.05, 0) is 24.3 Å². The lowest BCUT2D eigenvalue weighted by molar-refractivity contribution is 0.628. The molecule has 0 saturated carbocycles. The van der Waals surface area contributed by atoms with Crippen LogP contribution in [0.25, 0.3) is 16.9 Å². The molecular formula is C12H7FN3. The molecule has 3 rings (SSSR count). The van der Waals surface area contributed by atoms with Gasteiger partial charge >= 0.3 is 0 Å². The van der Waals surface area contributed by atoms with E-state index in [1.165, 1.54) is 12.1 Å². The van der Waals surface area contributed by atoms with Crippen LogP contribution in [0.4, 0.5) is 4.39 Å². The minimum Gasteiger partial charge on any atom is -0.295 e. The molecule has 0 atom stereocenters. The molecule has 0 aliphatic carbocycles. The molecule has 0 N–H and O–H groups in total. The fourth-order valence-corrected chi connectivity index (χ4v) is 1.52. The van der Waals surface area contributed by atoms with E-state index in [0.29, 0.717) is 5.69 Å². The number of hydrogen-bond donors (Lipinski definition) is 0. The summed E-state index contributed by atoms with van der Waals surface area (Å²) in [5, 5.41) is 0. The van der Waals surface area contributed by atoms with E-state index >= 15 is 0 Å². The van der Waals surface area contributed by atoms with Gasteiger partial charge in [-0.2, -0.15) is 0 Å². The summed E-state index contributed by atoms with van der Waals surface area (Å²) >= 11 is 0. The maximum Gasteiger partial charge on any atom is 0.156 e. The van der Waals surface area contributed by atoms with E-state index in [1.807, 2.05) is 0 Å². The molecule has 77 valence electrons. The van der Waals surface area contributed by atoms with E-state index in [4.69, 9.17) is 0 Å². The summed E-state index contributed by atoms with van der Waals surface area (Å²) in [7, 11) is 0. The second-order valence-corrected chi connectivity index (χ2v) is 3.38. The molecule has 0 unspecified atom stereocenters. The first-order chi connectivity index (χ1) is 7.83. The van der Waals surface area contributed by atoms with Gasteiger partial charge in [0.05, 0.1) is 11.9 Å². The zero-order valence-corrected chi connectivity index (χ0v) is 8.26. The Morgan fingerprint density at radius 1 is 1.19 bits per heavy atom. The van der Waals surface area contributed by atoms with E-state index < -0.39 is 0 Å². The van der Waals surface area contributed by atoms with Crippen molar-refractivity contribution in [3.8, 4) is 11.3 Å². The van der Waals surface area contributed by atoms with Gasteiger partial charge in [-0.15, -0.1) is 0 Å². The van der Waals surface area contributed by atoms with Crippen LogP contribution < -0.4 is 0 Å². The first kappa shape index (κ1) is 9.03. The molecule has 0 fully saturated rings. The number of aromatic nitrogens is 3. The van der Waals surface area contributed by atoms with Crippen LogP contribution in [0.3, 0.4) is 0 Å². The minimum atomic E-state index is -0.255. The number of benzene rings is 1. The van der Waals surface area contributed by atoms with Crippen molar-refractivity contribution in [3.63, 3.8) is 0 Å². The molecule has 0 amide bonds. The lowest BCUT2D eigenvalue weighted by atomic mass is 10.2.